The molecule has 0 atom stereocenters. The van der Waals surface area contributed by atoms with Crippen LogP contribution < -0.4 is 0 Å². The van der Waals surface area contributed by atoms with Gasteiger partial charge in [-0.3, -0.25) is 9.59 Å². The van der Waals surface area contributed by atoms with Gasteiger partial charge in [-0.05, 0) is 35.6 Å². The molecule has 2 nitrogen and oxygen atoms in total. The Kier molecular flexibility index (Phi) is 6.18. The van der Waals surface area contributed by atoms with Gasteiger partial charge in [0.1, 0.15) is 0 Å². The maximum absolute atomic E-state index is 13.4. The van der Waals surface area contributed by atoms with E-state index in [0.29, 0.717) is 17.5 Å². The summed E-state index contributed by atoms with van der Waals surface area (Å²) in [4.78, 5) is 26.8. The minimum atomic E-state index is -0.769. The molecule has 2 heteroatoms. The van der Waals surface area contributed by atoms with Crippen LogP contribution in [0.2, 0.25) is 0 Å². The van der Waals surface area contributed by atoms with E-state index >= 15 is 0 Å². The fourth-order valence-electron chi connectivity index (χ4n) is 3.97. The molecule has 152 valence electrons. The Morgan fingerprint density at radius 1 is 0.613 bits per heavy atom. The predicted molar refractivity (Wildman–Crippen MR) is 125 cm³/mol. The Morgan fingerprint density at radius 2 is 1.10 bits per heavy atom. The quantitative estimate of drug-likeness (QED) is 0.257. The molecule has 0 bridgehead atoms. The minimum Gasteiger partial charge on any atom is -0.293 e. The Balaban J connectivity index is 1.73. The lowest BCUT2D eigenvalue weighted by atomic mass is 9.83. The normalized spacial score (nSPS) is 10.8. The van der Waals surface area contributed by atoms with E-state index in [1.54, 1.807) is 24.3 Å². The second kappa shape index (κ2) is 9.36. The summed E-state index contributed by atoms with van der Waals surface area (Å²) in [5.74, 6) is -1.05. The van der Waals surface area contributed by atoms with Crippen molar-refractivity contribution in [2.45, 2.75) is 13.3 Å². The maximum atomic E-state index is 13.4. The van der Waals surface area contributed by atoms with Gasteiger partial charge in [-0.2, -0.15) is 0 Å². The fourth-order valence-corrected chi connectivity index (χ4v) is 3.97. The summed E-state index contributed by atoms with van der Waals surface area (Å²) < 4.78 is 0. The summed E-state index contributed by atoms with van der Waals surface area (Å²) in [6.07, 6.45) is 0.369. The number of carbonyl (C=O) groups is 2. The van der Waals surface area contributed by atoms with Gasteiger partial charge in [-0.1, -0.05) is 109 Å². The third kappa shape index (κ3) is 4.54. The first-order chi connectivity index (χ1) is 15.1. The highest BCUT2D eigenvalue weighted by Crippen LogP contribution is 2.28. The Labute approximate surface area is 183 Å². The lowest BCUT2D eigenvalue weighted by Crippen LogP contribution is -2.27. The summed E-state index contributed by atoms with van der Waals surface area (Å²) in [6, 6.07) is 34.5. The molecule has 0 aromatic heterocycles. The first-order valence-electron chi connectivity index (χ1n) is 10.5. The van der Waals surface area contributed by atoms with Crippen molar-refractivity contribution in [1.82, 2.24) is 0 Å². The second-order valence-electron chi connectivity index (χ2n) is 7.67. The molecule has 0 radical (unpaired) electrons. The number of Topliss-reactive ketones (excluding diaryl/α,β-unsaturated/α-hetero) is 2. The molecule has 0 fully saturated rings. The van der Waals surface area contributed by atoms with E-state index in [1.165, 1.54) is 0 Å². The Morgan fingerprint density at radius 3 is 1.61 bits per heavy atom. The molecule has 4 aromatic rings. The van der Waals surface area contributed by atoms with Crippen LogP contribution in [-0.4, -0.2) is 11.6 Å². The zero-order chi connectivity index (χ0) is 21.6. The lowest BCUT2D eigenvalue weighted by molar-refractivity contribution is 0.0806. The van der Waals surface area contributed by atoms with Crippen LogP contribution in [0.25, 0.3) is 11.1 Å². The maximum Gasteiger partial charge on any atom is 0.174 e. The van der Waals surface area contributed by atoms with Crippen molar-refractivity contribution in [3.63, 3.8) is 0 Å². The third-order valence-corrected chi connectivity index (χ3v) is 5.70. The molecule has 0 aliphatic heterocycles. The fraction of sp³-hybridized carbons (Fsp3) is 0.103. The van der Waals surface area contributed by atoms with E-state index in [0.717, 1.165) is 22.3 Å². The van der Waals surface area contributed by atoms with Crippen molar-refractivity contribution in [2.24, 2.45) is 5.92 Å². The van der Waals surface area contributed by atoms with Crippen molar-refractivity contribution in [2.75, 3.05) is 0 Å². The second-order valence-corrected chi connectivity index (χ2v) is 7.67. The van der Waals surface area contributed by atoms with E-state index in [2.05, 4.69) is 25.1 Å². The van der Waals surface area contributed by atoms with Crippen molar-refractivity contribution < 1.29 is 9.59 Å². The van der Waals surface area contributed by atoms with Crippen LogP contribution in [0, 0.1) is 12.8 Å². The number of hydrogen-bond donors (Lipinski definition) is 0. The van der Waals surface area contributed by atoms with Gasteiger partial charge in [-0.15, -0.1) is 0 Å². The van der Waals surface area contributed by atoms with Crippen LogP contribution in [0.3, 0.4) is 0 Å². The predicted octanol–water partition coefficient (Wildman–Crippen LogP) is 6.59. The van der Waals surface area contributed by atoms with Crippen molar-refractivity contribution in [1.29, 1.82) is 0 Å². The summed E-state index contributed by atoms with van der Waals surface area (Å²) >= 11 is 0. The molecule has 4 rings (SSSR count). The number of benzene rings is 4. The topological polar surface area (TPSA) is 34.1 Å². The number of ketones is 2. The largest absolute Gasteiger partial charge is 0.293 e. The molecule has 0 aliphatic carbocycles. The van der Waals surface area contributed by atoms with E-state index in [4.69, 9.17) is 0 Å². The average Bonchev–Trinajstić information content (AvgIpc) is 2.84. The van der Waals surface area contributed by atoms with Gasteiger partial charge in [0.15, 0.2) is 11.6 Å². The van der Waals surface area contributed by atoms with E-state index in [1.807, 2.05) is 66.7 Å². The van der Waals surface area contributed by atoms with Gasteiger partial charge < -0.3 is 0 Å². The van der Waals surface area contributed by atoms with Gasteiger partial charge in [-0.25, -0.2) is 0 Å². The number of hydrogen-bond acceptors (Lipinski definition) is 2. The molecule has 0 saturated carbocycles. The molecular weight excluding hydrogens is 380 g/mol. The lowest BCUT2D eigenvalue weighted by Gasteiger charge is -2.18. The Bertz CT molecular complexity index is 1130. The van der Waals surface area contributed by atoms with Crippen LogP contribution in [0.15, 0.2) is 109 Å². The van der Waals surface area contributed by atoms with Crippen LogP contribution in [0.4, 0.5) is 0 Å². The van der Waals surface area contributed by atoms with Gasteiger partial charge >= 0.3 is 0 Å². The Hall–Kier alpha value is -3.78. The molecule has 0 aliphatic rings. The molecule has 0 saturated heterocycles. The van der Waals surface area contributed by atoms with Gasteiger partial charge in [0.2, 0.25) is 0 Å². The smallest absolute Gasteiger partial charge is 0.174 e. The van der Waals surface area contributed by atoms with Gasteiger partial charge in [0.05, 0.1) is 5.92 Å². The molecular formula is C29H24O2. The molecule has 0 N–H and O–H groups in total. The van der Waals surface area contributed by atoms with E-state index in [9.17, 15) is 9.59 Å². The van der Waals surface area contributed by atoms with Crippen molar-refractivity contribution in [3.8, 4) is 11.1 Å². The SMILES string of the molecule is Cc1c(CC(C(=O)c2ccccc2)C(=O)c2ccccc2)cccc1-c1ccccc1. The van der Waals surface area contributed by atoms with Crippen LogP contribution in [0.1, 0.15) is 31.8 Å². The molecule has 0 amide bonds. The first-order valence-corrected chi connectivity index (χ1v) is 10.5. The molecule has 0 heterocycles. The zero-order valence-electron chi connectivity index (χ0n) is 17.5. The van der Waals surface area contributed by atoms with Gasteiger partial charge in [0.25, 0.3) is 0 Å². The summed E-state index contributed by atoms with van der Waals surface area (Å²) in [6.45, 7) is 2.06. The van der Waals surface area contributed by atoms with Crippen LogP contribution in [0.5, 0.6) is 0 Å². The number of carbonyl (C=O) groups excluding carboxylic acids is 2. The highest BCUT2D eigenvalue weighted by Gasteiger charge is 2.29. The third-order valence-electron chi connectivity index (χ3n) is 5.70. The monoisotopic (exact) mass is 404 g/mol. The summed E-state index contributed by atoms with van der Waals surface area (Å²) in [5, 5.41) is 0. The average molecular weight is 405 g/mol. The molecule has 0 unspecified atom stereocenters. The standard InChI is InChI=1S/C29H24O2/c1-21-25(18-11-19-26(21)22-12-5-2-6-13-22)20-27(28(30)23-14-7-3-8-15-23)29(31)24-16-9-4-10-17-24/h2-19,27H,20H2,1H3. The molecule has 31 heavy (non-hydrogen) atoms. The summed E-state index contributed by atoms with van der Waals surface area (Å²) in [5.41, 5.74) is 5.49. The highest BCUT2D eigenvalue weighted by molar-refractivity contribution is 6.16. The van der Waals surface area contributed by atoms with E-state index in [-0.39, 0.29) is 11.6 Å². The van der Waals surface area contributed by atoms with Crippen LogP contribution >= 0.6 is 0 Å². The van der Waals surface area contributed by atoms with Crippen molar-refractivity contribution in [3.05, 3.63) is 131 Å². The first kappa shape index (κ1) is 20.5. The minimum absolute atomic E-state index is 0.140. The molecule has 0 spiro atoms. The number of rotatable bonds is 7. The molecule has 4 aromatic carbocycles. The highest BCUT2D eigenvalue weighted by atomic mass is 16.2. The van der Waals surface area contributed by atoms with E-state index < -0.39 is 5.92 Å². The van der Waals surface area contributed by atoms with Crippen molar-refractivity contribution >= 4 is 11.6 Å². The summed E-state index contributed by atoms with van der Waals surface area (Å²) in [7, 11) is 0. The van der Waals surface area contributed by atoms with Gasteiger partial charge in [0, 0.05) is 11.1 Å². The zero-order valence-corrected chi connectivity index (χ0v) is 17.5. The van der Waals surface area contributed by atoms with Crippen LogP contribution in [-0.2, 0) is 6.42 Å².